The summed E-state index contributed by atoms with van der Waals surface area (Å²) < 4.78 is 0. The minimum absolute atomic E-state index is 0.184. The Morgan fingerprint density at radius 2 is 1.92 bits per heavy atom. The van der Waals surface area contributed by atoms with E-state index in [1.165, 1.54) is 0 Å². The first-order valence-corrected chi connectivity index (χ1v) is 8.26. The van der Waals surface area contributed by atoms with E-state index in [1.54, 1.807) is 32.2 Å². The van der Waals surface area contributed by atoms with Gasteiger partial charge in [-0.15, -0.1) is 0 Å². The van der Waals surface area contributed by atoms with Crippen molar-refractivity contribution >= 4 is 23.8 Å². The number of Topliss-reactive ketones (excluding diaryl/α,β-unsaturated/α-hetero) is 1. The Morgan fingerprint density at radius 1 is 1.24 bits per heavy atom. The number of hydrogen-bond donors (Lipinski definition) is 2. The zero-order valence-corrected chi connectivity index (χ0v) is 14.7. The third-order valence-electron chi connectivity index (χ3n) is 3.97. The van der Waals surface area contributed by atoms with Gasteiger partial charge in [0.15, 0.2) is 5.78 Å². The van der Waals surface area contributed by atoms with Gasteiger partial charge >= 0.3 is 0 Å². The maximum Gasteiger partial charge on any atom is 0.243 e. The van der Waals surface area contributed by atoms with Crippen LogP contribution < -0.4 is 10.6 Å². The Balaban J connectivity index is 1.88. The van der Waals surface area contributed by atoms with Crippen LogP contribution in [0, 0.1) is 6.92 Å². The smallest absolute Gasteiger partial charge is 0.243 e. The van der Waals surface area contributed by atoms with Gasteiger partial charge in [-0.05, 0) is 32.4 Å². The van der Waals surface area contributed by atoms with E-state index in [0.717, 1.165) is 11.1 Å². The maximum atomic E-state index is 12.3. The SMILES string of the molecule is Cc1ccc(CC(=O)N[C@@H](C)C(=O)NC2C=CC=NC(C)C2=O)cc1. The molecule has 6 nitrogen and oxygen atoms in total. The Labute approximate surface area is 147 Å². The third kappa shape index (κ3) is 5.38. The maximum absolute atomic E-state index is 12.3. The summed E-state index contributed by atoms with van der Waals surface area (Å²) in [6.07, 6.45) is 4.97. The number of ketones is 1. The van der Waals surface area contributed by atoms with Crippen LogP contribution in [0.25, 0.3) is 0 Å². The van der Waals surface area contributed by atoms with E-state index in [2.05, 4.69) is 15.6 Å². The van der Waals surface area contributed by atoms with Crippen molar-refractivity contribution in [3.05, 3.63) is 47.5 Å². The van der Waals surface area contributed by atoms with Gasteiger partial charge in [-0.1, -0.05) is 35.9 Å². The highest BCUT2D eigenvalue weighted by Gasteiger charge is 2.26. The normalized spacial score (nSPS) is 20.7. The van der Waals surface area contributed by atoms with Crippen LogP contribution in [0.3, 0.4) is 0 Å². The number of aryl methyl sites for hydroxylation is 1. The van der Waals surface area contributed by atoms with Crippen molar-refractivity contribution in [3.63, 3.8) is 0 Å². The van der Waals surface area contributed by atoms with Crippen LogP contribution in [-0.4, -0.2) is 41.9 Å². The topological polar surface area (TPSA) is 87.6 Å². The monoisotopic (exact) mass is 341 g/mol. The summed E-state index contributed by atoms with van der Waals surface area (Å²) in [6.45, 7) is 5.25. The molecule has 25 heavy (non-hydrogen) atoms. The number of benzene rings is 1. The average molecular weight is 341 g/mol. The number of rotatable bonds is 5. The molecule has 0 saturated carbocycles. The summed E-state index contributed by atoms with van der Waals surface area (Å²) in [4.78, 5) is 40.5. The Kier molecular flexibility index (Phi) is 6.22. The molecule has 6 heteroatoms. The van der Waals surface area contributed by atoms with Crippen molar-refractivity contribution in [1.29, 1.82) is 0 Å². The van der Waals surface area contributed by atoms with Crippen LogP contribution in [0.4, 0.5) is 0 Å². The number of allylic oxidation sites excluding steroid dienone is 1. The lowest BCUT2D eigenvalue weighted by molar-refractivity contribution is -0.130. The molecule has 1 aromatic rings. The molecule has 2 rings (SSSR count). The van der Waals surface area contributed by atoms with Gasteiger partial charge < -0.3 is 10.6 Å². The number of hydrogen-bond acceptors (Lipinski definition) is 4. The van der Waals surface area contributed by atoms with Crippen LogP contribution in [0.15, 0.2) is 41.4 Å². The number of nitrogens with zero attached hydrogens (tertiary/aromatic N) is 1. The van der Waals surface area contributed by atoms with Crippen molar-refractivity contribution < 1.29 is 14.4 Å². The molecule has 2 unspecified atom stereocenters. The molecule has 1 aliphatic heterocycles. The molecule has 1 aromatic carbocycles. The molecule has 2 N–H and O–H groups in total. The van der Waals surface area contributed by atoms with Gasteiger partial charge in [0.25, 0.3) is 0 Å². The zero-order chi connectivity index (χ0) is 18.4. The van der Waals surface area contributed by atoms with Crippen LogP contribution >= 0.6 is 0 Å². The van der Waals surface area contributed by atoms with Crippen molar-refractivity contribution in [2.24, 2.45) is 4.99 Å². The van der Waals surface area contributed by atoms with E-state index < -0.39 is 24.0 Å². The minimum atomic E-state index is -0.737. The Hall–Kier alpha value is -2.76. The van der Waals surface area contributed by atoms with Crippen LogP contribution in [0.2, 0.25) is 0 Å². The summed E-state index contributed by atoms with van der Waals surface area (Å²) in [6, 6.07) is 5.66. The van der Waals surface area contributed by atoms with E-state index in [-0.39, 0.29) is 18.1 Å². The fraction of sp³-hybridized carbons (Fsp3) is 0.368. The summed E-state index contributed by atoms with van der Waals surface area (Å²) in [5.74, 6) is -0.836. The van der Waals surface area contributed by atoms with Crippen molar-refractivity contribution in [3.8, 4) is 0 Å². The summed E-state index contributed by atoms with van der Waals surface area (Å²) in [5.41, 5.74) is 2.00. The molecule has 0 saturated heterocycles. The average Bonchev–Trinajstić information content (AvgIpc) is 2.72. The first-order valence-electron chi connectivity index (χ1n) is 8.26. The van der Waals surface area contributed by atoms with E-state index in [4.69, 9.17) is 0 Å². The Bertz CT molecular complexity index is 707. The van der Waals surface area contributed by atoms with Crippen LogP contribution in [-0.2, 0) is 20.8 Å². The molecule has 0 radical (unpaired) electrons. The molecule has 132 valence electrons. The largest absolute Gasteiger partial charge is 0.344 e. The van der Waals surface area contributed by atoms with Crippen molar-refractivity contribution in [2.75, 3.05) is 0 Å². The lowest BCUT2D eigenvalue weighted by Crippen LogP contribution is -2.51. The molecular formula is C19H23N3O3. The summed E-state index contributed by atoms with van der Waals surface area (Å²) >= 11 is 0. The highest BCUT2D eigenvalue weighted by Crippen LogP contribution is 2.05. The summed E-state index contributed by atoms with van der Waals surface area (Å²) in [7, 11) is 0. The number of carbonyl (C=O) groups is 3. The highest BCUT2D eigenvalue weighted by atomic mass is 16.2. The second-order valence-corrected chi connectivity index (χ2v) is 6.20. The predicted octanol–water partition coefficient (Wildman–Crippen LogP) is 1.13. The van der Waals surface area contributed by atoms with E-state index in [0.29, 0.717) is 0 Å². The third-order valence-corrected chi connectivity index (χ3v) is 3.97. The van der Waals surface area contributed by atoms with Gasteiger partial charge in [0.1, 0.15) is 18.1 Å². The number of nitrogens with one attached hydrogen (secondary N) is 2. The number of aliphatic imine (C=N–C) groups is 1. The quantitative estimate of drug-likeness (QED) is 0.841. The lowest BCUT2D eigenvalue weighted by Gasteiger charge is -2.19. The molecule has 0 fully saturated rings. The van der Waals surface area contributed by atoms with Crippen molar-refractivity contribution in [2.45, 2.75) is 45.3 Å². The molecule has 0 aliphatic carbocycles. The number of amides is 2. The van der Waals surface area contributed by atoms with Gasteiger partial charge in [-0.25, -0.2) is 0 Å². The lowest BCUT2D eigenvalue weighted by atomic mass is 10.1. The molecule has 3 atom stereocenters. The molecule has 2 amide bonds. The van der Waals surface area contributed by atoms with Crippen LogP contribution in [0.5, 0.6) is 0 Å². The fourth-order valence-electron chi connectivity index (χ4n) is 2.41. The molecule has 0 bridgehead atoms. The minimum Gasteiger partial charge on any atom is -0.344 e. The fourth-order valence-corrected chi connectivity index (χ4v) is 2.41. The molecule has 1 heterocycles. The first kappa shape index (κ1) is 18.6. The second-order valence-electron chi connectivity index (χ2n) is 6.20. The van der Waals surface area contributed by atoms with Gasteiger partial charge in [-0.3, -0.25) is 19.4 Å². The van der Waals surface area contributed by atoms with Gasteiger partial charge in [-0.2, -0.15) is 0 Å². The van der Waals surface area contributed by atoms with Crippen molar-refractivity contribution in [1.82, 2.24) is 10.6 Å². The molecule has 0 aromatic heterocycles. The Morgan fingerprint density at radius 3 is 2.60 bits per heavy atom. The van der Waals surface area contributed by atoms with Gasteiger partial charge in [0, 0.05) is 6.21 Å². The molecule has 1 aliphatic rings. The zero-order valence-electron chi connectivity index (χ0n) is 14.7. The number of carbonyl (C=O) groups excluding carboxylic acids is 3. The van der Waals surface area contributed by atoms with Gasteiger partial charge in [0.05, 0.1) is 6.42 Å². The highest BCUT2D eigenvalue weighted by molar-refractivity contribution is 5.98. The predicted molar refractivity (Wildman–Crippen MR) is 96.5 cm³/mol. The van der Waals surface area contributed by atoms with Crippen LogP contribution in [0.1, 0.15) is 25.0 Å². The van der Waals surface area contributed by atoms with Gasteiger partial charge in [0.2, 0.25) is 11.8 Å². The molecular weight excluding hydrogens is 318 g/mol. The van der Waals surface area contributed by atoms with E-state index >= 15 is 0 Å². The second kappa shape index (κ2) is 8.37. The summed E-state index contributed by atoms with van der Waals surface area (Å²) in [5, 5.41) is 5.30. The first-order chi connectivity index (χ1) is 11.9. The van der Waals surface area contributed by atoms with E-state index in [9.17, 15) is 14.4 Å². The standard InChI is InChI=1S/C19H23N3O3/c1-12-6-8-15(9-7-12)11-17(23)21-14(3)19(25)22-16-5-4-10-20-13(2)18(16)24/h4-10,13-14,16H,11H2,1-3H3,(H,21,23)(H,22,25)/t13?,14-,16?/m0/s1. The van der Waals surface area contributed by atoms with E-state index in [1.807, 2.05) is 31.2 Å². The molecule has 0 spiro atoms.